The number of anilines is 1. The van der Waals surface area contributed by atoms with Crippen LogP contribution in [-0.2, 0) is 6.18 Å². The van der Waals surface area contributed by atoms with Crippen molar-refractivity contribution in [3.05, 3.63) is 48.4 Å². The number of nitrogen functional groups attached to an aromatic ring is 1. The lowest BCUT2D eigenvalue weighted by atomic mass is 10.2. The Labute approximate surface area is 106 Å². The van der Waals surface area contributed by atoms with Gasteiger partial charge in [-0.1, -0.05) is 0 Å². The van der Waals surface area contributed by atoms with E-state index in [1.165, 1.54) is 5.39 Å². The molecule has 0 amide bonds. The normalized spacial score (nSPS) is 11.1. The van der Waals surface area contributed by atoms with E-state index in [0.29, 0.717) is 0 Å². The summed E-state index contributed by atoms with van der Waals surface area (Å²) in [5.41, 5.74) is 6.70. The number of benzene rings is 1. The Morgan fingerprint density at radius 3 is 2.47 bits per heavy atom. The van der Waals surface area contributed by atoms with Gasteiger partial charge in [0.2, 0.25) is 0 Å². The third-order valence-electron chi connectivity index (χ3n) is 2.38. The van der Waals surface area contributed by atoms with Gasteiger partial charge in [0.25, 0.3) is 0 Å². The maximum Gasteiger partial charge on any atom is 0.432 e. The van der Waals surface area contributed by atoms with E-state index in [4.69, 9.17) is 5.73 Å². The van der Waals surface area contributed by atoms with Crippen LogP contribution >= 0.6 is 0 Å². The molecule has 2 aromatic heterocycles. The van der Waals surface area contributed by atoms with Gasteiger partial charge in [-0.25, -0.2) is 0 Å². The first-order chi connectivity index (χ1) is 8.97. The topological polar surface area (TPSA) is 70.5 Å². The van der Waals surface area contributed by atoms with Crippen LogP contribution in [0, 0.1) is 0 Å². The van der Waals surface area contributed by atoms with Crippen molar-refractivity contribution in [1.82, 2.24) is 15.2 Å². The van der Waals surface area contributed by atoms with E-state index in [2.05, 4.69) is 10.1 Å². The van der Waals surface area contributed by atoms with Crippen LogP contribution in [0.15, 0.2) is 42.7 Å². The van der Waals surface area contributed by atoms with Crippen molar-refractivity contribution in [3.8, 4) is 0 Å². The second-order valence-corrected chi connectivity index (χ2v) is 3.79. The lowest BCUT2D eigenvalue weighted by Gasteiger charge is -1.99. The monoisotopic (exact) mass is 268 g/mol. The van der Waals surface area contributed by atoms with Crippen LogP contribution in [0.25, 0.3) is 10.9 Å². The number of hydrogen-bond acceptors (Lipinski definition) is 2. The van der Waals surface area contributed by atoms with Crippen LogP contribution in [0.3, 0.4) is 0 Å². The predicted octanol–water partition coefficient (Wildman–Crippen LogP) is 3.18. The maximum absolute atomic E-state index is 11.5. The number of rotatable bonds is 0. The largest absolute Gasteiger partial charge is 0.432 e. The highest BCUT2D eigenvalue weighted by atomic mass is 19.4. The molecule has 0 fully saturated rings. The molecule has 0 aliphatic rings. The molecular formula is C12H11F3N4. The molecule has 100 valence electrons. The summed E-state index contributed by atoms with van der Waals surface area (Å²) < 4.78 is 34.6. The smallest absolute Gasteiger partial charge is 0.399 e. The van der Waals surface area contributed by atoms with Crippen molar-refractivity contribution in [1.29, 1.82) is 0 Å². The van der Waals surface area contributed by atoms with E-state index in [0.717, 1.165) is 23.5 Å². The zero-order chi connectivity index (χ0) is 13.9. The minimum atomic E-state index is -4.30. The summed E-state index contributed by atoms with van der Waals surface area (Å²) in [6.45, 7) is 0. The molecule has 0 aliphatic heterocycles. The van der Waals surface area contributed by atoms with Crippen LogP contribution in [0.1, 0.15) is 5.69 Å². The number of aromatic amines is 2. The van der Waals surface area contributed by atoms with Gasteiger partial charge in [0.15, 0.2) is 0 Å². The van der Waals surface area contributed by atoms with E-state index in [1.54, 1.807) is 5.10 Å². The second-order valence-electron chi connectivity index (χ2n) is 3.79. The van der Waals surface area contributed by atoms with Gasteiger partial charge < -0.3 is 10.7 Å². The van der Waals surface area contributed by atoms with Gasteiger partial charge in [-0.05, 0) is 30.3 Å². The highest BCUT2D eigenvalue weighted by Crippen LogP contribution is 2.26. The van der Waals surface area contributed by atoms with E-state index in [9.17, 15) is 13.2 Å². The van der Waals surface area contributed by atoms with E-state index < -0.39 is 11.9 Å². The molecule has 3 aromatic rings. The standard InChI is InChI=1S/C8H8N2.C4H3F3N2/c9-7-1-2-8-6(5-7)3-4-10-8;5-4(6,7)3-1-2-8-9-3/h1-5,10H,9H2;1-2H,(H,8,9). The fraction of sp³-hybridized carbons (Fsp3) is 0.0833. The van der Waals surface area contributed by atoms with Crippen molar-refractivity contribution < 1.29 is 13.2 Å². The van der Waals surface area contributed by atoms with E-state index in [1.807, 2.05) is 30.5 Å². The van der Waals surface area contributed by atoms with Crippen molar-refractivity contribution in [3.63, 3.8) is 0 Å². The molecular weight excluding hydrogens is 257 g/mol. The Kier molecular flexibility index (Phi) is 3.46. The molecule has 0 radical (unpaired) electrons. The fourth-order valence-corrected chi connectivity index (χ4v) is 1.49. The van der Waals surface area contributed by atoms with Crippen LogP contribution in [-0.4, -0.2) is 15.2 Å². The summed E-state index contributed by atoms with van der Waals surface area (Å²) in [5.74, 6) is 0. The Balaban J connectivity index is 0.000000141. The average Bonchev–Trinajstić information content (AvgIpc) is 2.99. The predicted molar refractivity (Wildman–Crippen MR) is 66.3 cm³/mol. The minimum absolute atomic E-state index is 0.812. The van der Waals surface area contributed by atoms with Gasteiger partial charge in [0.1, 0.15) is 5.69 Å². The first-order valence-corrected chi connectivity index (χ1v) is 5.36. The van der Waals surface area contributed by atoms with E-state index in [-0.39, 0.29) is 0 Å². The number of nitrogens with one attached hydrogen (secondary N) is 2. The number of hydrogen-bond donors (Lipinski definition) is 3. The highest BCUT2D eigenvalue weighted by Gasteiger charge is 2.31. The highest BCUT2D eigenvalue weighted by molar-refractivity contribution is 5.82. The van der Waals surface area contributed by atoms with E-state index >= 15 is 0 Å². The molecule has 4 nitrogen and oxygen atoms in total. The number of alkyl halides is 3. The summed E-state index contributed by atoms with van der Waals surface area (Å²) in [5, 5.41) is 6.11. The van der Waals surface area contributed by atoms with Crippen molar-refractivity contribution in [2.45, 2.75) is 6.18 Å². The SMILES string of the molecule is FC(F)(F)c1ccn[nH]1.Nc1ccc2[nH]ccc2c1. The lowest BCUT2D eigenvalue weighted by molar-refractivity contribution is -0.141. The van der Waals surface area contributed by atoms with Gasteiger partial charge in [-0.2, -0.15) is 18.3 Å². The fourth-order valence-electron chi connectivity index (χ4n) is 1.49. The Morgan fingerprint density at radius 1 is 1.11 bits per heavy atom. The van der Waals surface area contributed by atoms with Gasteiger partial charge in [-0.15, -0.1) is 0 Å². The molecule has 0 atom stereocenters. The van der Waals surface area contributed by atoms with Gasteiger partial charge in [0.05, 0.1) is 0 Å². The summed E-state index contributed by atoms with van der Waals surface area (Å²) in [4.78, 5) is 3.09. The summed E-state index contributed by atoms with van der Waals surface area (Å²) in [6.07, 6.45) is -1.33. The Morgan fingerprint density at radius 2 is 1.89 bits per heavy atom. The number of halogens is 3. The number of H-pyrrole nitrogens is 2. The minimum Gasteiger partial charge on any atom is -0.399 e. The number of aromatic nitrogens is 3. The molecule has 0 saturated carbocycles. The number of nitrogens with two attached hydrogens (primary N) is 1. The molecule has 0 unspecified atom stereocenters. The molecule has 0 bridgehead atoms. The summed E-state index contributed by atoms with van der Waals surface area (Å²) >= 11 is 0. The maximum atomic E-state index is 11.5. The van der Waals surface area contributed by atoms with Crippen molar-refractivity contribution >= 4 is 16.6 Å². The number of fused-ring (bicyclic) bond motifs is 1. The first kappa shape index (κ1) is 13.0. The summed E-state index contributed by atoms with van der Waals surface area (Å²) in [6, 6.07) is 8.70. The zero-order valence-electron chi connectivity index (χ0n) is 9.70. The third-order valence-corrected chi connectivity index (χ3v) is 2.38. The molecule has 0 saturated heterocycles. The zero-order valence-corrected chi connectivity index (χ0v) is 9.70. The molecule has 0 spiro atoms. The van der Waals surface area contributed by atoms with Crippen LogP contribution in [0.5, 0.6) is 0 Å². The molecule has 0 aliphatic carbocycles. The van der Waals surface area contributed by atoms with Crippen LogP contribution in [0.4, 0.5) is 18.9 Å². The van der Waals surface area contributed by atoms with Gasteiger partial charge >= 0.3 is 6.18 Å². The molecule has 3 rings (SSSR count). The molecule has 7 heteroatoms. The third kappa shape index (κ3) is 3.27. The van der Waals surface area contributed by atoms with Crippen LogP contribution < -0.4 is 5.73 Å². The Bertz CT molecular complexity index is 640. The van der Waals surface area contributed by atoms with Crippen molar-refractivity contribution in [2.24, 2.45) is 0 Å². The van der Waals surface area contributed by atoms with Gasteiger partial charge in [0, 0.05) is 29.0 Å². The molecule has 19 heavy (non-hydrogen) atoms. The number of nitrogens with zero attached hydrogens (tertiary/aromatic N) is 1. The average molecular weight is 268 g/mol. The lowest BCUT2D eigenvalue weighted by Crippen LogP contribution is -2.04. The molecule has 4 N–H and O–H groups in total. The van der Waals surface area contributed by atoms with Crippen LogP contribution in [0.2, 0.25) is 0 Å². The first-order valence-electron chi connectivity index (χ1n) is 5.36. The second kappa shape index (κ2) is 5.05. The van der Waals surface area contributed by atoms with Crippen molar-refractivity contribution in [2.75, 3.05) is 5.73 Å². The molecule has 2 heterocycles. The Hall–Kier alpha value is -2.44. The quantitative estimate of drug-likeness (QED) is 0.548. The van der Waals surface area contributed by atoms with Gasteiger partial charge in [-0.3, -0.25) is 5.10 Å². The summed E-state index contributed by atoms with van der Waals surface area (Å²) in [7, 11) is 0. The molecule has 1 aromatic carbocycles.